The van der Waals surface area contributed by atoms with Gasteiger partial charge in [-0.25, -0.2) is 4.39 Å². The molecule has 0 saturated heterocycles. The summed E-state index contributed by atoms with van der Waals surface area (Å²) >= 11 is 0. The van der Waals surface area contributed by atoms with Gasteiger partial charge in [-0.05, 0) is 35.6 Å². The van der Waals surface area contributed by atoms with E-state index in [0.29, 0.717) is 5.92 Å². The quantitative estimate of drug-likeness (QED) is 0.705. The number of alkyl halides is 1. The fourth-order valence-corrected chi connectivity index (χ4v) is 1.64. The topological polar surface area (TPSA) is 0 Å². The molecule has 15 heavy (non-hydrogen) atoms. The summed E-state index contributed by atoms with van der Waals surface area (Å²) in [5.74, 6) is 0.00962. The Hall–Kier alpha value is -0.920. The Morgan fingerprint density at radius 3 is 2.33 bits per heavy atom. The van der Waals surface area contributed by atoms with E-state index in [4.69, 9.17) is 0 Å². The molecule has 1 atom stereocenters. The van der Waals surface area contributed by atoms with Gasteiger partial charge in [-0.2, -0.15) is 0 Å². The number of halogens is 2. The van der Waals surface area contributed by atoms with E-state index >= 15 is 0 Å². The van der Waals surface area contributed by atoms with Crippen LogP contribution in [-0.4, -0.2) is 6.67 Å². The predicted molar refractivity (Wildman–Crippen MR) is 59.3 cm³/mol. The average Bonchev–Trinajstić information content (AvgIpc) is 2.14. The van der Waals surface area contributed by atoms with Crippen LogP contribution in [0.4, 0.5) is 8.78 Å². The van der Waals surface area contributed by atoms with Gasteiger partial charge in [0.2, 0.25) is 0 Å². The summed E-state index contributed by atoms with van der Waals surface area (Å²) in [6.07, 6.45) is 0.837. The standard InChI is InChI=1S/C13H18F2/c1-9(2)4-11-5-12(10(3)8-14)7-13(15)6-11/h5-7,9-10H,4,8H2,1-3H3. The molecule has 0 radical (unpaired) electrons. The molecule has 0 fully saturated rings. The lowest BCUT2D eigenvalue weighted by molar-refractivity contribution is 0.445. The Labute approximate surface area is 90.3 Å². The number of hydrogen-bond acceptors (Lipinski definition) is 0. The third-order valence-electron chi connectivity index (χ3n) is 2.42. The maximum Gasteiger partial charge on any atom is 0.123 e. The molecule has 0 N–H and O–H groups in total. The molecule has 0 saturated carbocycles. The van der Waals surface area contributed by atoms with E-state index in [1.54, 1.807) is 6.92 Å². The van der Waals surface area contributed by atoms with Crippen molar-refractivity contribution in [1.82, 2.24) is 0 Å². The van der Waals surface area contributed by atoms with E-state index < -0.39 is 6.67 Å². The summed E-state index contributed by atoms with van der Waals surface area (Å²) in [6.45, 7) is 5.50. The van der Waals surface area contributed by atoms with Crippen molar-refractivity contribution in [2.24, 2.45) is 5.92 Å². The molecule has 1 unspecified atom stereocenters. The van der Waals surface area contributed by atoms with E-state index in [-0.39, 0.29) is 11.7 Å². The first-order chi connectivity index (χ1) is 7.02. The first-order valence-electron chi connectivity index (χ1n) is 5.38. The molecule has 0 heterocycles. The second kappa shape index (κ2) is 5.24. The number of rotatable bonds is 4. The summed E-state index contributed by atoms with van der Waals surface area (Å²) < 4.78 is 25.7. The van der Waals surface area contributed by atoms with Crippen LogP contribution in [0.2, 0.25) is 0 Å². The smallest absolute Gasteiger partial charge is 0.123 e. The summed E-state index contributed by atoms with van der Waals surface area (Å²) in [6, 6.07) is 4.87. The number of benzene rings is 1. The van der Waals surface area contributed by atoms with Crippen LogP contribution in [0.5, 0.6) is 0 Å². The van der Waals surface area contributed by atoms with Crippen LogP contribution >= 0.6 is 0 Å². The molecular weight excluding hydrogens is 194 g/mol. The normalized spacial score (nSPS) is 13.2. The Morgan fingerprint density at radius 2 is 1.80 bits per heavy atom. The van der Waals surface area contributed by atoms with Crippen LogP contribution in [-0.2, 0) is 6.42 Å². The van der Waals surface area contributed by atoms with Gasteiger partial charge in [-0.3, -0.25) is 4.39 Å². The van der Waals surface area contributed by atoms with Crippen LogP contribution in [0, 0.1) is 11.7 Å². The maximum atomic E-state index is 13.3. The van der Waals surface area contributed by atoms with Crippen molar-refractivity contribution in [3.63, 3.8) is 0 Å². The van der Waals surface area contributed by atoms with Crippen LogP contribution in [0.15, 0.2) is 18.2 Å². The first-order valence-corrected chi connectivity index (χ1v) is 5.38. The first kappa shape index (κ1) is 12.2. The Balaban J connectivity index is 2.94. The van der Waals surface area contributed by atoms with Gasteiger partial charge >= 0.3 is 0 Å². The molecule has 0 aliphatic rings. The molecule has 1 aromatic rings. The van der Waals surface area contributed by atoms with Crippen molar-refractivity contribution in [2.45, 2.75) is 33.1 Å². The van der Waals surface area contributed by atoms with Crippen LogP contribution < -0.4 is 0 Å². The van der Waals surface area contributed by atoms with Gasteiger partial charge in [-0.15, -0.1) is 0 Å². The summed E-state index contributed by atoms with van der Waals surface area (Å²) in [5, 5.41) is 0. The second-order valence-electron chi connectivity index (χ2n) is 4.55. The molecular formula is C13H18F2. The van der Waals surface area contributed by atoms with Crippen molar-refractivity contribution < 1.29 is 8.78 Å². The minimum atomic E-state index is -0.440. The molecule has 84 valence electrons. The Kier molecular flexibility index (Phi) is 4.25. The van der Waals surface area contributed by atoms with Crippen molar-refractivity contribution in [2.75, 3.05) is 6.67 Å². The molecule has 0 amide bonds. The molecule has 0 aromatic heterocycles. The molecule has 0 nitrogen and oxygen atoms in total. The highest BCUT2D eigenvalue weighted by molar-refractivity contribution is 5.27. The largest absolute Gasteiger partial charge is 0.250 e. The van der Waals surface area contributed by atoms with Gasteiger partial charge in [0.15, 0.2) is 0 Å². The molecule has 0 spiro atoms. The SMILES string of the molecule is CC(C)Cc1cc(F)cc(C(C)CF)c1. The van der Waals surface area contributed by atoms with E-state index in [1.807, 2.05) is 6.07 Å². The highest BCUT2D eigenvalue weighted by atomic mass is 19.1. The van der Waals surface area contributed by atoms with Crippen molar-refractivity contribution >= 4 is 0 Å². The highest BCUT2D eigenvalue weighted by Crippen LogP contribution is 2.20. The lowest BCUT2D eigenvalue weighted by Crippen LogP contribution is -2.00. The molecule has 0 bridgehead atoms. The summed E-state index contributed by atoms with van der Waals surface area (Å²) in [7, 11) is 0. The predicted octanol–water partition coefficient (Wildman–Crippen LogP) is 4.10. The average molecular weight is 212 g/mol. The lowest BCUT2D eigenvalue weighted by Gasteiger charge is -2.11. The van der Waals surface area contributed by atoms with E-state index in [1.165, 1.54) is 12.1 Å². The van der Waals surface area contributed by atoms with E-state index in [2.05, 4.69) is 13.8 Å². The van der Waals surface area contributed by atoms with Gasteiger partial charge in [0.05, 0.1) is 6.67 Å². The van der Waals surface area contributed by atoms with E-state index in [9.17, 15) is 8.78 Å². The monoisotopic (exact) mass is 212 g/mol. The zero-order valence-corrected chi connectivity index (χ0v) is 9.56. The van der Waals surface area contributed by atoms with Crippen molar-refractivity contribution in [3.05, 3.63) is 35.1 Å². The van der Waals surface area contributed by atoms with Gasteiger partial charge in [0.1, 0.15) is 5.82 Å². The van der Waals surface area contributed by atoms with Gasteiger partial charge in [0.25, 0.3) is 0 Å². The Bertz CT molecular complexity index is 318. The van der Waals surface area contributed by atoms with Crippen molar-refractivity contribution in [3.8, 4) is 0 Å². The molecule has 0 aliphatic carbocycles. The van der Waals surface area contributed by atoms with E-state index in [0.717, 1.165) is 17.5 Å². The molecule has 1 rings (SSSR count). The molecule has 1 aromatic carbocycles. The summed E-state index contributed by atoms with van der Waals surface area (Å²) in [5.41, 5.74) is 1.72. The molecule has 2 heteroatoms. The fraction of sp³-hybridized carbons (Fsp3) is 0.538. The van der Waals surface area contributed by atoms with Crippen LogP contribution in [0.25, 0.3) is 0 Å². The third kappa shape index (κ3) is 3.61. The van der Waals surface area contributed by atoms with Gasteiger partial charge < -0.3 is 0 Å². The highest BCUT2D eigenvalue weighted by Gasteiger charge is 2.08. The fourth-order valence-electron chi connectivity index (χ4n) is 1.64. The van der Waals surface area contributed by atoms with Gasteiger partial charge in [0, 0.05) is 5.92 Å². The zero-order chi connectivity index (χ0) is 11.4. The maximum absolute atomic E-state index is 13.3. The molecule has 0 aliphatic heterocycles. The minimum absolute atomic E-state index is 0.216. The van der Waals surface area contributed by atoms with Crippen molar-refractivity contribution in [1.29, 1.82) is 0 Å². The third-order valence-corrected chi connectivity index (χ3v) is 2.42. The minimum Gasteiger partial charge on any atom is -0.250 e. The number of hydrogen-bond donors (Lipinski definition) is 0. The van der Waals surface area contributed by atoms with Crippen LogP contribution in [0.3, 0.4) is 0 Å². The van der Waals surface area contributed by atoms with Gasteiger partial charge in [-0.1, -0.05) is 26.8 Å². The second-order valence-corrected chi connectivity index (χ2v) is 4.55. The lowest BCUT2D eigenvalue weighted by atomic mass is 9.96. The Morgan fingerprint density at radius 1 is 1.13 bits per heavy atom. The van der Waals surface area contributed by atoms with Crippen LogP contribution in [0.1, 0.15) is 37.8 Å². The zero-order valence-electron chi connectivity index (χ0n) is 9.56. The summed E-state index contributed by atoms with van der Waals surface area (Å²) in [4.78, 5) is 0.